The van der Waals surface area contributed by atoms with E-state index >= 15 is 0 Å². The Balaban J connectivity index is 1.21. The lowest BCUT2D eigenvalue weighted by molar-refractivity contribution is 0.0398. The molecule has 152 valence electrons. The average Bonchev–Trinajstić information content (AvgIpc) is 3.18. The molecule has 7 heteroatoms. The van der Waals surface area contributed by atoms with Gasteiger partial charge in [0.15, 0.2) is 0 Å². The van der Waals surface area contributed by atoms with E-state index in [1.807, 2.05) is 30.5 Å². The smallest absolute Gasteiger partial charge is 0.252 e. The van der Waals surface area contributed by atoms with E-state index in [0.717, 1.165) is 57.1 Å². The topological polar surface area (TPSA) is 82.3 Å². The summed E-state index contributed by atoms with van der Waals surface area (Å²) in [6.45, 7) is 5.94. The van der Waals surface area contributed by atoms with Crippen LogP contribution in [0.5, 0.6) is 0 Å². The fourth-order valence-corrected chi connectivity index (χ4v) is 3.55. The van der Waals surface area contributed by atoms with Gasteiger partial charge in [0.05, 0.1) is 18.8 Å². The summed E-state index contributed by atoms with van der Waals surface area (Å²) in [6.07, 6.45) is 4.41. The third-order valence-electron chi connectivity index (χ3n) is 5.22. The quantitative estimate of drug-likeness (QED) is 0.547. The van der Waals surface area contributed by atoms with E-state index in [2.05, 4.69) is 37.6 Å². The molecule has 0 saturated carbocycles. The summed E-state index contributed by atoms with van der Waals surface area (Å²) in [5, 5.41) is 7.49. The number of aromatic amines is 1. The first kappa shape index (κ1) is 19.4. The molecule has 0 bridgehead atoms. The molecule has 1 fully saturated rings. The highest BCUT2D eigenvalue weighted by atomic mass is 16.5. The van der Waals surface area contributed by atoms with Gasteiger partial charge in [-0.3, -0.25) is 9.69 Å². The average molecular weight is 393 g/mol. The maximum atomic E-state index is 12.4. The minimum Gasteiger partial charge on any atom is -0.379 e. The molecule has 1 aliphatic heterocycles. The predicted octanol–water partition coefficient (Wildman–Crippen LogP) is 2.28. The molecule has 3 aromatic rings. The highest BCUT2D eigenvalue weighted by Gasteiger charge is 2.10. The zero-order valence-corrected chi connectivity index (χ0v) is 16.5. The number of nitrogens with zero attached hydrogens (tertiary/aromatic N) is 2. The Labute approximate surface area is 170 Å². The van der Waals surface area contributed by atoms with Crippen molar-refractivity contribution in [3.8, 4) is 0 Å². The largest absolute Gasteiger partial charge is 0.379 e. The number of nitrogens with one attached hydrogen (secondary N) is 3. The molecule has 0 radical (unpaired) electrons. The number of aromatic nitrogens is 2. The first-order chi connectivity index (χ1) is 14.3. The van der Waals surface area contributed by atoms with Gasteiger partial charge in [0.1, 0.15) is 5.82 Å². The number of amides is 1. The van der Waals surface area contributed by atoms with Crippen LogP contribution in [0.1, 0.15) is 15.9 Å². The van der Waals surface area contributed by atoms with Crippen molar-refractivity contribution in [2.24, 2.45) is 0 Å². The molecule has 0 unspecified atom stereocenters. The molecule has 0 atom stereocenters. The van der Waals surface area contributed by atoms with Gasteiger partial charge in [-0.1, -0.05) is 18.2 Å². The zero-order valence-electron chi connectivity index (χ0n) is 16.5. The first-order valence-electron chi connectivity index (χ1n) is 10.1. The molecule has 1 aliphatic rings. The Morgan fingerprint density at radius 3 is 2.83 bits per heavy atom. The van der Waals surface area contributed by atoms with Crippen molar-refractivity contribution in [1.29, 1.82) is 0 Å². The Bertz CT molecular complexity index is 932. The van der Waals surface area contributed by atoms with E-state index in [4.69, 9.17) is 4.74 Å². The van der Waals surface area contributed by atoms with Gasteiger partial charge in [-0.05, 0) is 30.2 Å². The van der Waals surface area contributed by atoms with Crippen molar-refractivity contribution in [3.63, 3.8) is 0 Å². The van der Waals surface area contributed by atoms with Crippen molar-refractivity contribution in [1.82, 2.24) is 20.2 Å². The third kappa shape index (κ3) is 5.13. The number of hydrogen-bond acceptors (Lipinski definition) is 5. The molecular weight excluding hydrogens is 366 g/mol. The summed E-state index contributed by atoms with van der Waals surface area (Å²) in [7, 11) is 0. The number of fused-ring (bicyclic) bond motifs is 1. The van der Waals surface area contributed by atoms with Crippen molar-refractivity contribution >= 4 is 22.6 Å². The van der Waals surface area contributed by atoms with E-state index in [1.54, 1.807) is 6.20 Å². The molecule has 3 N–H and O–H groups in total. The van der Waals surface area contributed by atoms with Crippen LogP contribution in [0.2, 0.25) is 0 Å². The Morgan fingerprint density at radius 1 is 1.14 bits per heavy atom. The highest BCUT2D eigenvalue weighted by molar-refractivity contribution is 5.94. The SMILES string of the molecule is O=C(NCCc1c[nH]c2ccccc12)c1ccc(NCCN2CCOCC2)nc1. The maximum Gasteiger partial charge on any atom is 0.252 e. The Morgan fingerprint density at radius 2 is 2.00 bits per heavy atom. The number of para-hydroxylation sites is 1. The molecule has 1 saturated heterocycles. The molecule has 1 amide bonds. The van der Waals surface area contributed by atoms with E-state index < -0.39 is 0 Å². The summed E-state index contributed by atoms with van der Waals surface area (Å²) in [4.78, 5) is 22.4. The van der Waals surface area contributed by atoms with Gasteiger partial charge in [-0.15, -0.1) is 0 Å². The number of carbonyl (C=O) groups is 1. The molecule has 2 aromatic heterocycles. The molecule has 3 heterocycles. The van der Waals surface area contributed by atoms with Crippen LogP contribution in [0.25, 0.3) is 10.9 Å². The van der Waals surface area contributed by atoms with Crippen LogP contribution in [0.3, 0.4) is 0 Å². The summed E-state index contributed by atoms with van der Waals surface area (Å²) in [5.74, 6) is 0.686. The number of benzene rings is 1. The highest BCUT2D eigenvalue weighted by Crippen LogP contribution is 2.17. The van der Waals surface area contributed by atoms with Gasteiger partial charge in [0, 0.05) is 56.0 Å². The fourth-order valence-electron chi connectivity index (χ4n) is 3.55. The van der Waals surface area contributed by atoms with Gasteiger partial charge in [-0.25, -0.2) is 4.98 Å². The van der Waals surface area contributed by atoms with Crippen LogP contribution in [-0.2, 0) is 11.2 Å². The molecule has 0 spiro atoms. The minimum atomic E-state index is -0.0998. The number of ether oxygens (including phenoxy) is 1. The Kier molecular flexibility index (Phi) is 6.38. The third-order valence-corrected chi connectivity index (χ3v) is 5.22. The van der Waals surface area contributed by atoms with Gasteiger partial charge in [0.2, 0.25) is 0 Å². The molecule has 4 rings (SSSR count). The number of pyridine rings is 1. The standard InChI is InChI=1S/C22H27N5O2/c28-22(24-8-7-17-15-25-20-4-2-1-3-19(17)20)18-5-6-21(26-16-18)23-9-10-27-11-13-29-14-12-27/h1-6,15-16,25H,7-14H2,(H,23,26)(H,24,28). The van der Waals surface area contributed by atoms with E-state index in [1.165, 1.54) is 10.9 Å². The van der Waals surface area contributed by atoms with E-state index in [-0.39, 0.29) is 5.91 Å². The van der Waals surface area contributed by atoms with Crippen molar-refractivity contribution < 1.29 is 9.53 Å². The van der Waals surface area contributed by atoms with Crippen molar-refractivity contribution in [2.45, 2.75) is 6.42 Å². The molecule has 7 nitrogen and oxygen atoms in total. The van der Waals surface area contributed by atoms with E-state index in [0.29, 0.717) is 12.1 Å². The zero-order chi connectivity index (χ0) is 19.9. The number of H-pyrrole nitrogens is 1. The van der Waals surface area contributed by atoms with Crippen LogP contribution >= 0.6 is 0 Å². The summed E-state index contributed by atoms with van der Waals surface area (Å²) < 4.78 is 5.35. The number of morpholine rings is 1. The van der Waals surface area contributed by atoms with Crippen LogP contribution in [0.15, 0.2) is 48.8 Å². The van der Waals surface area contributed by atoms with Gasteiger partial charge < -0.3 is 20.4 Å². The minimum absolute atomic E-state index is 0.0998. The van der Waals surface area contributed by atoms with E-state index in [9.17, 15) is 4.79 Å². The lowest BCUT2D eigenvalue weighted by Crippen LogP contribution is -2.39. The second-order valence-corrected chi connectivity index (χ2v) is 7.18. The fraction of sp³-hybridized carbons (Fsp3) is 0.364. The van der Waals surface area contributed by atoms with Crippen LogP contribution in [0, 0.1) is 0 Å². The predicted molar refractivity (Wildman–Crippen MR) is 114 cm³/mol. The summed E-state index contributed by atoms with van der Waals surface area (Å²) in [6, 6.07) is 11.9. The lowest BCUT2D eigenvalue weighted by Gasteiger charge is -2.26. The molecular formula is C22H27N5O2. The molecule has 1 aromatic carbocycles. The van der Waals surface area contributed by atoms with Gasteiger partial charge in [-0.2, -0.15) is 0 Å². The Hall–Kier alpha value is -2.90. The second kappa shape index (κ2) is 9.54. The molecule has 0 aliphatic carbocycles. The van der Waals surface area contributed by atoms with Crippen LogP contribution in [-0.4, -0.2) is 66.7 Å². The summed E-state index contributed by atoms with van der Waals surface area (Å²) >= 11 is 0. The number of anilines is 1. The van der Waals surface area contributed by atoms with Crippen molar-refractivity contribution in [2.75, 3.05) is 51.3 Å². The van der Waals surface area contributed by atoms with Crippen LogP contribution in [0.4, 0.5) is 5.82 Å². The van der Waals surface area contributed by atoms with Crippen LogP contribution < -0.4 is 10.6 Å². The number of hydrogen-bond donors (Lipinski definition) is 3. The maximum absolute atomic E-state index is 12.4. The monoisotopic (exact) mass is 393 g/mol. The van der Waals surface area contributed by atoms with Crippen molar-refractivity contribution in [3.05, 3.63) is 59.9 Å². The number of rotatable bonds is 8. The number of carbonyl (C=O) groups excluding carboxylic acids is 1. The van der Waals surface area contributed by atoms with Gasteiger partial charge >= 0.3 is 0 Å². The second-order valence-electron chi connectivity index (χ2n) is 7.18. The summed E-state index contributed by atoms with van der Waals surface area (Å²) in [5.41, 5.74) is 2.90. The first-order valence-corrected chi connectivity index (χ1v) is 10.1. The lowest BCUT2D eigenvalue weighted by atomic mass is 10.1. The molecule has 29 heavy (non-hydrogen) atoms. The normalized spacial score (nSPS) is 14.8. The van der Waals surface area contributed by atoms with Gasteiger partial charge in [0.25, 0.3) is 5.91 Å².